The average molecular weight is 265 g/mol. The van der Waals surface area contributed by atoms with Gasteiger partial charge in [0.1, 0.15) is 6.33 Å². The zero-order valence-electron chi connectivity index (χ0n) is 10.9. The van der Waals surface area contributed by atoms with Crippen LogP contribution < -0.4 is 10.6 Å². The van der Waals surface area contributed by atoms with Crippen LogP contribution in [0.5, 0.6) is 0 Å². The molecule has 0 saturated carbocycles. The van der Waals surface area contributed by atoms with Crippen LogP contribution in [-0.4, -0.2) is 31.3 Å². The lowest BCUT2D eigenvalue weighted by atomic mass is 10.5. The predicted octanol–water partition coefficient (Wildman–Crippen LogP) is 1.18. The molecule has 0 radical (unpaired) electrons. The second-order valence-electron chi connectivity index (χ2n) is 4.00. The van der Waals surface area contributed by atoms with Gasteiger partial charge in [0.25, 0.3) is 0 Å². The SMILES string of the molecule is CCCNc1ncc(F)c(NCc2ncn(C)n2)n1. The van der Waals surface area contributed by atoms with Gasteiger partial charge in [-0.15, -0.1) is 0 Å². The van der Waals surface area contributed by atoms with Gasteiger partial charge >= 0.3 is 0 Å². The Kier molecular flexibility index (Phi) is 4.22. The number of aryl methyl sites for hydroxylation is 1. The summed E-state index contributed by atoms with van der Waals surface area (Å²) in [6.07, 6.45) is 3.67. The Bertz CT molecular complexity index is 540. The van der Waals surface area contributed by atoms with Gasteiger partial charge in [0.2, 0.25) is 5.95 Å². The van der Waals surface area contributed by atoms with Crippen LogP contribution in [-0.2, 0) is 13.6 Å². The van der Waals surface area contributed by atoms with Crippen molar-refractivity contribution in [3.05, 3.63) is 24.2 Å². The second-order valence-corrected chi connectivity index (χ2v) is 4.00. The van der Waals surface area contributed by atoms with Gasteiger partial charge in [-0.05, 0) is 6.42 Å². The molecule has 19 heavy (non-hydrogen) atoms. The number of nitrogens with zero attached hydrogens (tertiary/aromatic N) is 5. The lowest BCUT2D eigenvalue weighted by molar-refractivity contribution is 0.616. The van der Waals surface area contributed by atoms with Crippen LogP contribution in [0.2, 0.25) is 0 Å². The molecule has 0 aliphatic rings. The smallest absolute Gasteiger partial charge is 0.224 e. The first-order valence-electron chi connectivity index (χ1n) is 6.04. The predicted molar refractivity (Wildman–Crippen MR) is 69.1 cm³/mol. The zero-order valence-corrected chi connectivity index (χ0v) is 10.9. The van der Waals surface area contributed by atoms with E-state index in [4.69, 9.17) is 0 Å². The number of anilines is 2. The van der Waals surface area contributed by atoms with Crippen LogP contribution >= 0.6 is 0 Å². The first-order chi connectivity index (χ1) is 9.19. The maximum absolute atomic E-state index is 13.5. The molecule has 2 N–H and O–H groups in total. The van der Waals surface area contributed by atoms with Crippen LogP contribution in [0.25, 0.3) is 0 Å². The molecule has 2 aromatic heterocycles. The molecule has 8 heteroatoms. The van der Waals surface area contributed by atoms with Crippen molar-refractivity contribution in [3.8, 4) is 0 Å². The largest absolute Gasteiger partial charge is 0.360 e. The molecular weight excluding hydrogens is 249 g/mol. The summed E-state index contributed by atoms with van der Waals surface area (Å²) in [5.41, 5.74) is 0. The molecule has 0 saturated heterocycles. The van der Waals surface area contributed by atoms with Gasteiger partial charge in [0.05, 0.1) is 12.7 Å². The summed E-state index contributed by atoms with van der Waals surface area (Å²) >= 11 is 0. The highest BCUT2D eigenvalue weighted by molar-refractivity contribution is 5.41. The van der Waals surface area contributed by atoms with E-state index in [1.807, 2.05) is 6.92 Å². The molecule has 2 rings (SSSR count). The summed E-state index contributed by atoms with van der Waals surface area (Å²) in [5.74, 6) is 0.613. The highest BCUT2D eigenvalue weighted by Gasteiger charge is 2.07. The van der Waals surface area contributed by atoms with Crippen molar-refractivity contribution in [1.29, 1.82) is 0 Å². The molecule has 0 aromatic carbocycles. The van der Waals surface area contributed by atoms with Gasteiger partial charge in [-0.2, -0.15) is 10.1 Å². The Morgan fingerprint density at radius 1 is 1.32 bits per heavy atom. The minimum atomic E-state index is -0.502. The number of hydrogen-bond donors (Lipinski definition) is 2. The van der Waals surface area contributed by atoms with Gasteiger partial charge in [-0.3, -0.25) is 4.68 Å². The van der Waals surface area contributed by atoms with Crippen LogP contribution in [0.4, 0.5) is 16.2 Å². The fourth-order valence-electron chi connectivity index (χ4n) is 1.44. The van der Waals surface area contributed by atoms with E-state index in [1.165, 1.54) is 0 Å². The maximum atomic E-state index is 13.5. The first-order valence-corrected chi connectivity index (χ1v) is 6.04. The number of hydrogen-bond acceptors (Lipinski definition) is 6. The maximum Gasteiger partial charge on any atom is 0.224 e. The molecule has 0 amide bonds. The standard InChI is InChI=1S/C11H16FN7/c1-3-4-13-11-15-5-8(12)10(17-11)14-6-9-16-7-19(2)18-9/h5,7H,3-4,6H2,1-2H3,(H2,13,14,15,17). The summed E-state index contributed by atoms with van der Waals surface area (Å²) in [6.45, 7) is 3.08. The minimum absolute atomic E-state index is 0.140. The number of nitrogens with one attached hydrogen (secondary N) is 2. The molecule has 0 spiro atoms. The van der Waals surface area contributed by atoms with Crippen LogP contribution in [0.3, 0.4) is 0 Å². The van der Waals surface area contributed by atoms with E-state index in [-0.39, 0.29) is 5.82 Å². The van der Waals surface area contributed by atoms with Crippen LogP contribution in [0.15, 0.2) is 12.5 Å². The lowest BCUT2D eigenvalue weighted by Gasteiger charge is -2.07. The third kappa shape index (κ3) is 3.60. The summed E-state index contributed by atoms with van der Waals surface area (Å²) in [6, 6.07) is 0. The molecule has 0 atom stereocenters. The number of halogens is 1. The van der Waals surface area contributed by atoms with E-state index < -0.39 is 5.82 Å². The molecule has 0 aliphatic heterocycles. The quantitative estimate of drug-likeness (QED) is 0.816. The van der Waals surface area contributed by atoms with E-state index in [9.17, 15) is 4.39 Å². The van der Waals surface area contributed by atoms with Gasteiger partial charge in [0, 0.05) is 13.6 Å². The summed E-state index contributed by atoms with van der Waals surface area (Å²) in [5, 5.41) is 9.94. The molecule has 2 aromatic rings. The monoisotopic (exact) mass is 265 g/mol. The lowest BCUT2D eigenvalue weighted by Crippen LogP contribution is -2.10. The Hall–Kier alpha value is -2.25. The van der Waals surface area contributed by atoms with Crippen molar-refractivity contribution in [2.45, 2.75) is 19.9 Å². The molecule has 0 bridgehead atoms. The van der Waals surface area contributed by atoms with E-state index in [0.29, 0.717) is 18.3 Å². The molecule has 0 aliphatic carbocycles. The molecule has 0 fully saturated rings. The Morgan fingerprint density at radius 3 is 2.84 bits per heavy atom. The van der Waals surface area contributed by atoms with Crippen molar-refractivity contribution in [3.63, 3.8) is 0 Å². The van der Waals surface area contributed by atoms with Crippen molar-refractivity contribution in [2.24, 2.45) is 7.05 Å². The fraction of sp³-hybridized carbons (Fsp3) is 0.455. The van der Waals surface area contributed by atoms with E-state index >= 15 is 0 Å². The summed E-state index contributed by atoms with van der Waals surface area (Å²) in [4.78, 5) is 12.0. The second kappa shape index (κ2) is 6.07. The average Bonchev–Trinajstić information content (AvgIpc) is 2.82. The molecule has 0 unspecified atom stereocenters. The van der Waals surface area contributed by atoms with Crippen molar-refractivity contribution >= 4 is 11.8 Å². The molecule has 102 valence electrons. The van der Waals surface area contributed by atoms with Crippen molar-refractivity contribution in [1.82, 2.24) is 24.7 Å². The van der Waals surface area contributed by atoms with Gasteiger partial charge in [0.15, 0.2) is 17.5 Å². The van der Waals surface area contributed by atoms with Gasteiger partial charge in [-0.1, -0.05) is 6.92 Å². The third-order valence-corrected chi connectivity index (χ3v) is 2.34. The highest BCUT2D eigenvalue weighted by Crippen LogP contribution is 2.12. The third-order valence-electron chi connectivity index (χ3n) is 2.34. The highest BCUT2D eigenvalue weighted by atomic mass is 19.1. The zero-order chi connectivity index (χ0) is 13.7. The minimum Gasteiger partial charge on any atom is -0.360 e. The topological polar surface area (TPSA) is 80.5 Å². The molecule has 2 heterocycles. The molecule has 7 nitrogen and oxygen atoms in total. The van der Waals surface area contributed by atoms with E-state index in [1.54, 1.807) is 18.1 Å². The van der Waals surface area contributed by atoms with Crippen molar-refractivity contribution in [2.75, 3.05) is 17.2 Å². The Labute approximate surface area is 110 Å². The van der Waals surface area contributed by atoms with E-state index in [0.717, 1.165) is 19.2 Å². The van der Waals surface area contributed by atoms with Crippen LogP contribution in [0, 0.1) is 5.82 Å². The van der Waals surface area contributed by atoms with E-state index in [2.05, 4.69) is 30.7 Å². The summed E-state index contributed by atoms with van der Waals surface area (Å²) in [7, 11) is 1.77. The first kappa shape index (κ1) is 13.2. The summed E-state index contributed by atoms with van der Waals surface area (Å²) < 4.78 is 15.1. The van der Waals surface area contributed by atoms with Gasteiger partial charge in [-0.25, -0.2) is 14.4 Å². The molecular formula is C11H16FN7. The fourth-order valence-corrected chi connectivity index (χ4v) is 1.44. The Balaban J connectivity index is 2.02. The number of rotatable bonds is 6. The van der Waals surface area contributed by atoms with Crippen LogP contribution in [0.1, 0.15) is 19.2 Å². The Morgan fingerprint density at radius 2 is 2.16 bits per heavy atom. The normalized spacial score (nSPS) is 10.5. The van der Waals surface area contributed by atoms with Gasteiger partial charge < -0.3 is 10.6 Å². The van der Waals surface area contributed by atoms with Crippen molar-refractivity contribution < 1.29 is 4.39 Å². The number of aromatic nitrogens is 5.